The second-order valence-corrected chi connectivity index (χ2v) is 4.84. The van der Waals surface area contributed by atoms with E-state index in [2.05, 4.69) is 11.1 Å². The number of pyridine rings is 1. The summed E-state index contributed by atoms with van der Waals surface area (Å²) in [4.78, 5) is 4.54. The fraction of sp³-hybridized carbons (Fsp3) is 0.111. The maximum atomic E-state index is 9.61. The van der Waals surface area contributed by atoms with E-state index in [1.807, 2.05) is 67.6 Å². The topological polar surface area (TPSA) is 36.7 Å². The summed E-state index contributed by atoms with van der Waals surface area (Å²) in [7, 11) is 0. The smallest absolute Gasteiger partial charge is 0.0969 e. The molecule has 1 heterocycles. The van der Waals surface area contributed by atoms with E-state index in [4.69, 9.17) is 0 Å². The molecule has 0 amide bonds. The Labute approximate surface area is 118 Å². The summed E-state index contributed by atoms with van der Waals surface area (Å²) in [5, 5.41) is 10.7. The number of fused-ring (bicyclic) bond motifs is 1. The predicted molar refractivity (Wildman–Crippen MR) is 80.4 cm³/mol. The Morgan fingerprint density at radius 2 is 1.70 bits per heavy atom. The molecule has 0 aliphatic rings. The summed E-state index contributed by atoms with van der Waals surface area (Å²) in [5.74, 6) is -0.261. The van der Waals surface area contributed by atoms with Crippen LogP contribution in [0.2, 0.25) is 0 Å². The maximum absolute atomic E-state index is 9.61. The molecule has 0 aliphatic heterocycles. The van der Waals surface area contributed by atoms with Crippen LogP contribution in [0.4, 0.5) is 0 Å². The molecular weight excluding hydrogens is 244 g/mol. The number of hydrogen-bond donors (Lipinski definition) is 0. The van der Waals surface area contributed by atoms with Gasteiger partial charge < -0.3 is 0 Å². The Kier molecular flexibility index (Phi) is 3.18. The third-order valence-electron chi connectivity index (χ3n) is 3.45. The quantitative estimate of drug-likeness (QED) is 0.690. The number of hydrogen-bond acceptors (Lipinski definition) is 2. The van der Waals surface area contributed by atoms with Crippen molar-refractivity contribution < 1.29 is 0 Å². The summed E-state index contributed by atoms with van der Waals surface area (Å²) in [6.07, 6.45) is 0. The van der Waals surface area contributed by atoms with Crippen LogP contribution in [0.3, 0.4) is 0 Å². The molecule has 2 heteroatoms. The van der Waals surface area contributed by atoms with Gasteiger partial charge in [-0.15, -0.1) is 0 Å². The number of para-hydroxylation sites is 1. The molecule has 0 radical (unpaired) electrons. The molecule has 0 bridgehead atoms. The van der Waals surface area contributed by atoms with Crippen molar-refractivity contribution in [3.05, 3.63) is 77.5 Å². The van der Waals surface area contributed by atoms with E-state index in [-0.39, 0.29) is 5.92 Å². The molecule has 3 rings (SSSR count). The summed E-state index contributed by atoms with van der Waals surface area (Å²) in [6, 6.07) is 22.3. The van der Waals surface area contributed by atoms with E-state index in [1.165, 1.54) is 0 Å². The fourth-order valence-electron chi connectivity index (χ4n) is 2.55. The Morgan fingerprint density at radius 3 is 2.45 bits per heavy atom. The van der Waals surface area contributed by atoms with Gasteiger partial charge in [-0.05, 0) is 30.2 Å². The minimum atomic E-state index is -0.261. The van der Waals surface area contributed by atoms with E-state index in [0.717, 1.165) is 27.7 Å². The van der Waals surface area contributed by atoms with Gasteiger partial charge in [0, 0.05) is 11.1 Å². The highest BCUT2D eigenvalue weighted by atomic mass is 14.7. The van der Waals surface area contributed by atoms with Crippen molar-refractivity contribution in [2.75, 3.05) is 0 Å². The van der Waals surface area contributed by atoms with E-state index in [1.54, 1.807) is 0 Å². The zero-order chi connectivity index (χ0) is 13.9. The average Bonchev–Trinajstić information content (AvgIpc) is 2.49. The fourth-order valence-corrected chi connectivity index (χ4v) is 2.55. The van der Waals surface area contributed by atoms with Gasteiger partial charge in [0.2, 0.25) is 0 Å². The van der Waals surface area contributed by atoms with Gasteiger partial charge in [0.05, 0.1) is 17.5 Å². The van der Waals surface area contributed by atoms with Gasteiger partial charge >= 0.3 is 0 Å². The SMILES string of the molecule is Cc1cc(C(C#N)c2ccccc2)c2ccccc2n1. The Balaban J connectivity index is 2.25. The van der Waals surface area contributed by atoms with E-state index in [0.29, 0.717) is 0 Å². The molecule has 1 unspecified atom stereocenters. The number of aromatic nitrogens is 1. The highest BCUT2D eigenvalue weighted by Gasteiger charge is 2.16. The molecule has 0 spiro atoms. The zero-order valence-corrected chi connectivity index (χ0v) is 11.2. The molecule has 0 saturated heterocycles. The van der Waals surface area contributed by atoms with E-state index >= 15 is 0 Å². The first kappa shape index (κ1) is 12.4. The molecule has 1 atom stereocenters. The molecule has 2 aromatic carbocycles. The molecule has 0 aliphatic carbocycles. The minimum absolute atomic E-state index is 0.261. The van der Waals surface area contributed by atoms with Gasteiger partial charge in [0.25, 0.3) is 0 Å². The second-order valence-electron chi connectivity index (χ2n) is 4.84. The molecule has 2 nitrogen and oxygen atoms in total. The zero-order valence-electron chi connectivity index (χ0n) is 11.2. The van der Waals surface area contributed by atoms with Crippen LogP contribution in [0.1, 0.15) is 22.7 Å². The van der Waals surface area contributed by atoms with Crippen molar-refractivity contribution in [3.63, 3.8) is 0 Å². The molecule has 0 saturated carbocycles. The molecule has 96 valence electrons. The summed E-state index contributed by atoms with van der Waals surface area (Å²) in [6.45, 7) is 1.97. The van der Waals surface area contributed by atoms with Crippen LogP contribution in [0.15, 0.2) is 60.7 Å². The lowest BCUT2D eigenvalue weighted by molar-refractivity contribution is 1.04. The van der Waals surface area contributed by atoms with Crippen LogP contribution >= 0.6 is 0 Å². The lowest BCUT2D eigenvalue weighted by atomic mass is 9.90. The van der Waals surface area contributed by atoms with Gasteiger partial charge in [-0.1, -0.05) is 48.5 Å². The maximum Gasteiger partial charge on any atom is 0.0969 e. The van der Waals surface area contributed by atoms with Gasteiger partial charge in [-0.25, -0.2) is 0 Å². The summed E-state index contributed by atoms with van der Waals surface area (Å²) >= 11 is 0. The van der Waals surface area contributed by atoms with Crippen LogP contribution in [-0.2, 0) is 0 Å². The van der Waals surface area contributed by atoms with Crippen LogP contribution in [-0.4, -0.2) is 4.98 Å². The number of rotatable bonds is 2. The van der Waals surface area contributed by atoms with Crippen molar-refractivity contribution in [1.29, 1.82) is 5.26 Å². The monoisotopic (exact) mass is 258 g/mol. The first-order valence-corrected chi connectivity index (χ1v) is 6.60. The van der Waals surface area contributed by atoms with E-state index in [9.17, 15) is 5.26 Å². The Bertz CT molecular complexity index is 785. The third-order valence-corrected chi connectivity index (χ3v) is 3.45. The first-order valence-electron chi connectivity index (χ1n) is 6.60. The van der Waals surface area contributed by atoms with Crippen LogP contribution in [0.5, 0.6) is 0 Å². The minimum Gasteiger partial charge on any atom is -0.253 e. The highest BCUT2D eigenvalue weighted by molar-refractivity contribution is 5.83. The molecule has 3 aromatic rings. The number of aryl methyl sites for hydroxylation is 1. The van der Waals surface area contributed by atoms with Crippen molar-refractivity contribution in [3.8, 4) is 6.07 Å². The van der Waals surface area contributed by atoms with Crippen molar-refractivity contribution >= 4 is 10.9 Å². The standard InChI is InChI=1S/C18H14N2/c1-13-11-16(15-9-5-6-10-18(15)20-13)17(12-19)14-7-3-2-4-8-14/h2-11,17H,1H3. The van der Waals surface area contributed by atoms with Crippen molar-refractivity contribution in [2.45, 2.75) is 12.8 Å². The number of benzene rings is 2. The number of nitriles is 1. The first-order chi connectivity index (χ1) is 9.79. The van der Waals surface area contributed by atoms with Crippen LogP contribution in [0.25, 0.3) is 10.9 Å². The van der Waals surface area contributed by atoms with Gasteiger partial charge in [-0.3, -0.25) is 4.98 Å². The van der Waals surface area contributed by atoms with Crippen LogP contribution in [0, 0.1) is 18.3 Å². The van der Waals surface area contributed by atoms with Gasteiger partial charge in [0.1, 0.15) is 0 Å². The molecule has 0 fully saturated rings. The normalized spacial score (nSPS) is 12.0. The molecule has 20 heavy (non-hydrogen) atoms. The van der Waals surface area contributed by atoms with E-state index < -0.39 is 0 Å². The third kappa shape index (κ3) is 2.15. The Hall–Kier alpha value is -2.66. The molecular formula is C18H14N2. The second kappa shape index (κ2) is 5.14. The highest BCUT2D eigenvalue weighted by Crippen LogP contribution is 2.30. The Morgan fingerprint density at radius 1 is 1.00 bits per heavy atom. The largest absolute Gasteiger partial charge is 0.253 e. The summed E-state index contributed by atoms with van der Waals surface area (Å²) in [5.41, 5.74) is 3.93. The van der Waals surface area contributed by atoms with Crippen molar-refractivity contribution in [1.82, 2.24) is 4.98 Å². The average molecular weight is 258 g/mol. The van der Waals surface area contributed by atoms with Gasteiger partial charge in [0.15, 0.2) is 0 Å². The lowest BCUT2D eigenvalue weighted by Gasteiger charge is -2.13. The van der Waals surface area contributed by atoms with Crippen LogP contribution < -0.4 is 0 Å². The lowest BCUT2D eigenvalue weighted by Crippen LogP contribution is -2.01. The predicted octanol–water partition coefficient (Wildman–Crippen LogP) is 4.20. The summed E-state index contributed by atoms with van der Waals surface area (Å²) < 4.78 is 0. The van der Waals surface area contributed by atoms with Gasteiger partial charge in [-0.2, -0.15) is 5.26 Å². The molecule has 0 N–H and O–H groups in total. The number of nitrogens with zero attached hydrogens (tertiary/aromatic N) is 2. The molecule has 1 aromatic heterocycles. The van der Waals surface area contributed by atoms with Crippen molar-refractivity contribution in [2.24, 2.45) is 0 Å².